The monoisotopic (exact) mass is 946 g/mol. The van der Waals surface area contributed by atoms with Crippen LogP contribution in [0, 0.1) is 0 Å². The fraction of sp³-hybridized carbons (Fsp3) is 0.0704. The largest absolute Gasteiger partial charge is 0.456 e. The molecule has 0 N–H and O–H groups in total. The van der Waals surface area contributed by atoms with Crippen LogP contribution in [0.25, 0.3) is 93.9 Å². The van der Waals surface area contributed by atoms with Gasteiger partial charge in [-0.25, -0.2) is 0 Å². The van der Waals surface area contributed by atoms with Crippen LogP contribution in [0.15, 0.2) is 253 Å². The molecule has 0 bridgehead atoms. The van der Waals surface area contributed by atoms with Crippen LogP contribution in [0.3, 0.4) is 0 Å². The van der Waals surface area contributed by atoms with Crippen LogP contribution in [-0.4, -0.2) is 4.57 Å². The van der Waals surface area contributed by atoms with E-state index >= 15 is 0 Å². The van der Waals surface area contributed by atoms with Crippen LogP contribution >= 0.6 is 0 Å². The van der Waals surface area contributed by atoms with E-state index in [1.54, 1.807) is 0 Å². The number of hydrogen-bond donors (Lipinski definition) is 0. The van der Waals surface area contributed by atoms with Crippen molar-refractivity contribution in [2.24, 2.45) is 0 Å². The van der Waals surface area contributed by atoms with Crippen molar-refractivity contribution in [3.8, 4) is 50.2 Å². The summed E-state index contributed by atoms with van der Waals surface area (Å²) < 4.78 is 9.01. The second kappa shape index (κ2) is 15.9. The molecule has 2 aromatic heterocycles. The zero-order valence-corrected chi connectivity index (χ0v) is 41.5. The second-order valence-corrected chi connectivity index (χ2v) is 21.2. The Morgan fingerprint density at radius 3 is 1.59 bits per heavy atom. The number of benzene rings is 11. The molecule has 2 aliphatic carbocycles. The Bertz CT molecular complexity index is 4350. The molecule has 0 saturated carbocycles. The molecule has 11 aromatic carbocycles. The van der Waals surface area contributed by atoms with E-state index < -0.39 is 5.41 Å². The van der Waals surface area contributed by atoms with E-state index in [-0.39, 0.29) is 5.41 Å². The lowest BCUT2D eigenvalue weighted by atomic mass is 9.70. The third-order valence-electron chi connectivity index (χ3n) is 16.2. The Morgan fingerprint density at radius 1 is 0.365 bits per heavy atom. The van der Waals surface area contributed by atoms with Crippen molar-refractivity contribution in [2.45, 2.75) is 31.6 Å². The minimum Gasteiger partial charge on any atom is -0.456 e. The summed E-state index contributed by atoms with van der Waals surface area (Å²) in [6.07, 6.45) is 0. The van der Waals surface area contributed by atoms with Crippen LogP contribution in [0.5, 0.6) is 0 Å². The molecule has 3 nitrogen and oxygen atoms in total. The number of nitrogens with zero attached hydrogens (tertiary/aromatic N) is 2. The van der Waals surface area contributed by atoms with Crippen molar-refractivity contribution in [1.82, 2.24) is 4.57 Å². The van der Waals surface area contributed by atoms with Crippen molar-refractivity contribution >= 4 is 60.8 Å². The minimum atomic E-state index is -0.393. The molecule has 74 heavy (non-hydrogen) atoms. The number of rotatable bonds is 6. The molecule has 3 heteroatoms. The van der Waals surface area contributed by atoms with Gasteiger partial charge in [0.2, 0.25) is 0 Å². The second-order valence-electron chi connectivity index (χ2n) is 21.2. The third kappa shape index (κ3) is 6.14. The first-order valence-electron chi connectivity index (χ1n) is 25.8. The highest BCUT2D eigenvalue weighted by Gasteiger charge is 2.52. The van der Waals surface area contributed by atoms with Gasteiger partial charge in [0, 0.05) is 50.4 Å². The fourth-order valence-corrected chi connectivity index (χ4v) is 12.8. The molecule has 0 amide bonds. The summed E-state index contributed by atoms with van der Waals surface area (Å²) in [4.78, 5) is 2.37. The van der Waals surface area contributed by atoms with Gasteiger partial charge in [-0.2, -0.15) is 0 Å². The van der Waals surface area contributed by atoms with Crippen molar-refractivity contribution in [1.29, 1.82) is 0 Å². The SMILES string of the molecule is CC(C)(C)c1ccc2c3ccc(N(c4ccc(-c5ccccc5)cc4)c4ccc5c(c4)oc4ccccc45)cc3n(-c3ccc(-c4cccc5c4-c4ccccc4C54c5ccccc5-c5ccccc54)cc3)c2c1. The Labute approximate surface area is 430 Å². The Hall–Kier alpha value is -9.18. The van der Waals surface area contributed by atoms with E-state index in [2.05, 4.69) is 273 Å². The number of fused-ring (bicyclic) bond motifs is 16. The van der Waals surface area contributed by atoms with E-state index in [4.69, 9.17) is 4.42 Å². The van der Waals surface area contributed by atoms with Crippen molar-refractivity contribution in [3.05, 3.63) is 277 Å². The Balaban J connectivity index is 0.907. The third-order valence-corrected chi connectivity index (χ3v) is 16.2. The highest BCUT2D eigenvalue weighted by Crippen LogP contribution is 2.64. The Kier molecular flexibility index (Phi) is 9.14. The molecular formula is C71H50N2O. The van der Waals surface area contributed by atoms with Gasteiger partial charge < -0.3 is 13.9 Å². The van der Waals surface area contributed by atoms with Gasteiger partial charge >= 0.3 is 0 Å². The average molecular weight is 947 g/mol. The summed E-state index contributed by atoms with van der Waals surface area (Å²) in [7, 11) is 0. The molecule has 0 aliphatic heterocycles. The van der Waals surface area contributed by atoms with E-state index in [0.29, 0.717) is 0 Å². The molecule has 13 aromatic rings. The number of para-hydroxylation sites is 1. The zero-order valence-electron chi connectivity index (χ0n) is 41.5. The lowest BCUT2D eigenvalue weighted by molar-refractivity contribution is 0.591. The number of aromatic nitrogens is 1. The highest BCUT2D eigenvalue weighted by atomic mass is 16.3. The predicted octanol–water partition coefficient (Wildman–Crippen LogP) is 19.1. The summed E-state index contributed by atoms with van der Waals surface area (Å²) >= 11 is 0. The lowest BCUT2D eigenvalue weighted by Crippen LogP contribution is -2.25. The molecule has 0 atom stereocenters. The van der Waals surface area contributed by atoms with E-state index in [9.17, 15) is 0 Å². The smallest absolute Gasteiger partial charge is 0.137 e. The maximum atomic E-state index is 6.52. The van der Waals surface area contributed by atoms with Gasteiger partial charge in [0.05, 0.1) is 16.4 Å². The topological polar surface area (TPSA) is 21.3 Å². The number of anilines is 3. The summed E-state index contributed by atoms with van der Waals surface area (Å²) in [6.45, 7) is 6.91. The van der Waals surface area contributed by atoms with Crippen LogP contribution in [0.1, 0.15) is 48.6 Å². The summed E-state index contributed by atoms with van der Waals surface area (Å²) in [5, 5.41) is 4.66. The molecular weight excluding hydrogens is 897 g/mol. The van der Waals surface area contributed by atoms with Gasteiger partial charge in [-0.05, 0) is 138 Å². The standard InChI is InChI=1S/C71H50N2O/c1-70(2,3)48-32-39-56-57-40-37-51(72(49-33-28-46(29-34-49)45-16-5-4-6-17-45)52-38-41-59-58-20-10-14-27-67(58)74-68(59)44-52)43-66(57)73(65(56)42-48)50-35-30-47(31-36-50)53-22-15-26-64-69(53)60-21-9-13-25-63(60)71(64)61-23-11-7-18-54(61)55-19-8-12-24-62(55)71/h4-44H,1-3H3. The van der Waals surface area contributed by atoms with Crippen LogP contribution in [0.2, 0.25) is 0 Å². The van der Waals surface area contributed by atoms with E-state index in [1.807, 2.05) is 6.07 Å². The highest BCUT2D eigenvalue weighted by molar-refractivity contribution is 6.11. The van der Waals surface area contributed by atoms with Gasteiger partial charge in [0.15, 0.2) is 0 Å². The lowest BCUT2D eigenvalue weighted by Gasteiger charge is -2.30. The van der Waals surface area contributed by atoms with Crippen molar-refractivity contribution < 1.29 is 4.42 Å². The normalized spacial score (nSPS) is 13.2. The van der Waals surface area contributed by atoms with Gasteiger partial charge in [-0.15, -0.1) is 0 Å². The van der Waals surface area contributed by atoms with E-state index in [1.165, 1.54) is 88.6 Å². The van der Waals surface area contributed by atoms with Gasteiger partial charge in [-0.3, -0.25) is 0 Å². The summed E-state index contributed by atoms with van der Waals surface area (Å²) in [5.41, 5.74) is 24.7. The molecule has 0 unspecified atom stereocenters. The Morgan fingerprint density at radius 2 is 0.878 bits per heavy atom. The fourth-order valence-electron chi connectivity index (χ4n) is 12.8. The molecule has 15 rings (SSSR count). The van der Waals surface area contributed by atoms with Crippen molar-refractivity contribution in [3.63, 3.8) is 0 Å². The minimum absolute atomic E-state index is 0.0375. The van der Waals surface area contributed by atoms with Gasteiger partial charge in [-0.1, -0.05) is 203 Å². The summed E-state index contributed by atoms with van der Waals surface area (Å²) in [5.74, 6) is 0. The first kappa shape index (κ1) is 42.5. The molecule has 2 heterocycles. The quantitative estimate of drug-likeness (QED) is 0.166. The number of furan rings is 1. The zero-order chi connectivity index (χ0) is 49.3. The summed E-state index contributed by atoms with van der Waals surface area (Å²) in [6, 6.07) is 92.0. The predicted molar refractivity (Wildman–Crippen MR) is 309 cm³/mol. The van der Waals surface area contributed by atoms with Crippen molar-refractivity contribution in [2.75, 3.05) is 4.90 Å². The molecule has 0 saturated heterocycles. The van der Waals surface area contributed by atoms with Crippen LogP contribution < -0.4 is 4.90 Å². The maximum absolute atomic E-state index is 6.52. The molecule has 1 spiro atoms. The number of hydrogen-bond acceptors (Lipinski definition) is 2. The van der Waals surface area contributed by atoms with Crippen LogP contribution in [0.4, 0.5) is 17.1 Å². The first-order chi connectivity index (χ1) is 36.3. The molecule has 350 valence electrons. The first-order valence-corrected chi connectivity index (χ1v) is 25.8. The van der Waals surface area contributed by atoms with Gasteiger partial charge in [0.1, 0.15) is 11.2 Å². The molecule has 2 aliphatic rings. The molecule has 0 radical (unpaired) electrons. The maximum Gasteiger partial charge on any atom is 0.137 e. The average Bonchev–Trinajstić information content (AvgIpc) is 4.19. The van der Waals surface area contributed by atoms with Gasteiger partial charge in [0.25, 0.3) is 0 Å². The van der Waals surface area contributed by atoms with Crippen LogP contribution in [-0.2, 0) is 10.8 Å². The van der Waals surface area contributed by atoms with E-state index in [0.717, 1.165) is 50.2 Å². The molecule has 0 fully saturated rings.